The van der Waals surface area contributed by atoms with E-state index in [0.717, 1.165) is 16.9 Å². The highest BCUT2D eigenvalue weighted by Crippen LogP contribution is 2.23. The molecule has 1 fully saturated rings. The van der Waals surface area contributed by atoms with Gasteiger partial charge in [-0.15, -0.1) is 0 Å². The van der Waals surface area contributed by atoms with Gasteiger partial charge in [-0.2, -0.15) is 0 Å². The molecule has 27 heavy (non-hydrogen) atoms. The number of carbonyl (C=O) groups is 2. The van der Waals surface area contributed by atoms with E-state index in [1.54, 1.807) is 4.90 Å². The maximum atomic E-state index is 12.0. The SMILES string of the molecule is CNC(=O)COC(=O)N1CCN(c2ccc(-c3ccc(Cl)cc3)cn2)CC1. The van der Waals surface area contributed by atoms with Gasteiger partial charge in [0.05, 0.1) is 0 Å². The van der Waals surface area contributed by atoms with Gasteiger partial charge in [0.25, 0.3) is 5.91 Å². The summed E-state index contributed by atoms with van der Waals surface area (Å²) in [7, 11) is 1.50. The fourth-order valence-electron chi connectivity index (χ4n) is 2.80. The van der Waals surface area contributed by atoms with Crippen LogP contribution in [0.3, 0.4) is 0 Å². The van der Waals surface area contributed by atoms with E-state index in [2.05, 4.69) is 15.2 Å². The zero-order valence-electron chi connectivity index (χ0n) is 15.0. The van der Waals surface area contributed by atoms with Crippen LogP contribution in [0, 0.1) is 0 Å². The Morgan fingerprint density at radius 1 is 1.07 bits per heavy atom. The normalized spacial score (nSPS) is 14.0. The lowest BCUT2D eigenvalue weighted by molar-refractivity contribution is -0.123. The molecule has 0 aliphatic carbocycles. The van der Waals surface area contributed by atoms with Gasteiger partial charge in [-0.25, -0.2) is 9.78 Å². The summed E-state index contributed by atoms with van der Waals surface area (Å²) in [6.07, 6.45) is 1.37. The van der Waals surface area contributed by atoms with Crippen molar-refractivity contribution in [3.05, 3.63) is 47.6 Å². The Labute approximate surface area is 162 Å². The lowest BCUT2D eigenvalue weighted by Crippen LogP contribution is -2.49. The molecule has 1 aliphatic rings. The van der Waals surface area contributed by atoms with E-state index in [1.165, 1.54) is 7.05 Å². The van der Waals surface area contributed by atoms with Crippen LogP contribution in [-0.2, 0) is 9.53 Å². The number of hydrogen-bond acceptors (Lipinski definition) is 5. The number of piperazine rings is 1. The molecule has 8 heteroatoms. The van der Waals surface area contributed by atoms with Gasteiger partial charge in [0, 0.05) is 50.0 Å². The Hall–Kier alpha value is -2.80. The second-order valence-electron chi connectivity index (χ2n) is 6.11. The highest BCUT2D eigenvalue weighted by atomic mass is 35.5. The molecule has 1 N–H and O–H groups in total. The van der Waals surface area contributed by atoms with Crippen LogP contribution in [0.1, 0.15) is 0 Å². The molecule has 0 unspecified atom stereocenters. The van der Waals surface area contributed by atoms with Crippen molar-refractivity contribution in [2.24, 2.45) is 0 Å². The number of aromatic nitrogens is 1. The molecule has 1 saturated heterocycles. The predicted molar refractivity (Wildman–Crippen MR) is 104 cm³/mol. The smallest absolute Gasteiger partial charge is 0.410 e. The molecule has 1 aromatic heterocycles. The van der Waals surface area contributed by atoms with Gasteiger partial charge in [0.2, 0.25) is 0 Å². The standard InChI is InChI=1S/C19H21ClN4O3/c1-21-18(25)13-27-19(26)24-10-8-23(9-11-24)17-7-4-15(12-22-17)14-2-5-16(20)6-3-14/h2-7,12H,8-11,13H2,1H3,(H,21,25). The first kappa shape index (κ1) is 19.0. The summed E-state index contributed by atoms with van der Waals surface area (Å²) in [6.45, 7) is 2.09. The zero-order chi connectivity index (χ0) is 19.2. The molecule has 0 saturated carbocycles. The van der Waals surface area contributed by atoms with Crippen molar-refractivity contribution in [2.75, 3.05) is 44.7 Å². The molecule has 2 aromatic rings. The molecular formula is C19H21ClN4O3. The maximum Gasteiger partial charge on any atom is 0.410 e. The Bertz CT molecular complexity index is 788. The second-order valence-corrected chi connectivity index (χ2v) is 6.55. The molecule has 7 nitrogen and oxygen atoms in total. The minimum atomic E-state index is -0.468. The van der Waals surface area contributed by atoms with Crippen LogP contribution in [0.25, 0.3) is 11.1 Å². The van der Waals surface area contributed by atoms with Gasteiger partial charge in [0.1, 0.15) is 5.82 Å². The average molecular weight is 389 g/mol. The molecule has 0 bridgehead atoms. The lowest BCUT2D eigenvalue weighted by atomic mass is 10.1. The summed E-state index contributed by atoms with van der Waals surface area (Å²) >= 11 is 5.92. The van der Waals surface area contributed by atoms with Crippen molar-refractivity contribution < 1.29 is 14.3 Å². The fourth-order valence-corrected chi connectivity index (χ4v) is 2.92. The molecule has 0 spiro atoms. The topological polar surface area (TPSA) is 74.8 Å². The molecule has 0 radical (unpaired) electrons. The first-order chi connectivity index (χ1) is 13.1. The lowest BCUT2D eigenvalue weighted by Gasteiger charge is -2.34. The molecular weight excluding hydrogens is 368 g/mol. The van der Waals surface area contributed by atoms with Crippen LogP contribution in [0.2, 0.25) is 5.02 Å². The van der Waals surface area contributed by atoms with Crippen molar-refractivity contribution in [2.45, 2.75) is 0 Å². The molecule has 0 atom stereocenters. The van der Waals surface area contributed by atoms with Gasteiger partial charge in [-0.3, -0.25) is 4.79 Å². The highest BCUT2D eigenvalue weighted by molar-refractivity contribution is 6.30. The third-order valence-corrected chi connectivity index (χ3v) is 4.64. The van der Waals surface area contributed by atoms with E-state index in [-0.39, 0.29) is 12.5 Å². The largest absolute Gasteiger partial charge is 0.439 e. The Balaban J connectivity index is 1.54. The van der Waals surface area contributed by atoms with Crippen molar-refractivity contribution in [1.29, 1.82) is 0 Å². The van der Waals surface area contributed by atoms with Crippen molar-refractivity contribution in [3.8, 4) is 11.1 Å². The van der Waals surface area contributed by atoms with E-state index in [9.17, 15) is 9.59 Å². The number of rotatable bonds is 4. The molecule has 2 heterocycles. The summed E-state index contributed by atoms with van der Waals surface area (Å²) in [4.78, 5) is 31.4. The summed E-state index contributed by atoms with van der Waals surface area (Å²) in [5.41, 5.74) is 2.08. The fraction of sp³-hybridized carbons (Fsp3) is 0.316. The number of benzene rings is 1. The van der Waals surface area contributed by atoms with Gasteiger partial charge < -0.3 is 19.9 Å². The van der Waals surface area contributed by atoms with Crippen molar-refractivity contribution >= 4 is 29.4 Å². The van der Waals surface area contributed by atoms with E-state index in [1.807, 2.05) is 42.6 Å². The quantitative estimate of drug-likeness (QED) is 0.870. The number of halogens is 1. The highest BCUT2D eigenvalue weighted by Gasteiger charge is 2.23. The predicted octanol–water partition coefficient (Wildman–Crippen LogP) is 2.41. The average Bonchev–Trinajstić information content (AvgIpc) is 2.72. The maximum absolute atomic E-state index is 12.0. The minimum Gasteiger partial charge on any atom is -0.439 e. The van der Waals surface area contributed by atoms with Crippen LogP contribution < -0.4 is 10.2 Å². The minimum absolute atomic E-state index is 0.261. The summed E-state index contributed by atoms with van der Waals surface area (Å²) in [5.74, 6) is 0.540. The number of anilines is 1. The third kappa shape index (κ3) is 4.89. The van der Waals surface area contributed by atoms with E-state index in [4.69, 9.17) is 16.3 Å². The van der Waals surface area contributed by atoms with Crippen molar-refractivity contribution in [3.63, 3.8) is 0 Å². The zero-order valence-corrected chi connectivity index (χ0v) is 15.8. The Kier molecular flexibility index (Phi) is 6.13. The monoisotopic (exact) mass is 388 g/mol. The van der Waals surface area contributed by atoms with Gasteiger partial charge in [-0.05, 0) is 29.8 Å². The second kappa shape index (κ2) is 8.73. The molecule has 142 valence electrons. The summed E-state index contributed by atoms with van der Waals surface area (Å²) < 4.78 is 4.98. The van der Waals surface area contributed by atoms with Gasteiger partial charge >= 0.3 is 6.09 Å². The van der Waals surface area contributed by atoms with Crippen LogP contribution in [0.4, 0.5) is 10.6 Å². The van der Waals surface area contributed by atoms with Gasteiger partial charge in [0.15, 0.2) is 6.61 Å². The number of amides is 2. The van der Waals surface area contributed by atoms with E-state index in [0.29, 0.717) is 31.2 Å². The van der Waals surface area contributed by atoms with Gasteiger partial charge in [-0.1, -0.05) is 23.7 Å². The molecule has 3 rings (SSSR count). The van der Waals surface area contributed by atoms with Crippen LogP contribution >= 0.6 is 11.6 Å². The van der Waals surface area contributed by atoms with Crippen LogP contribution in [0.15, 0.2) is 42.6 Å². The van der Waals surface area contributed by atoms with E-state index < -0.39 is 6.09 Å². The Morgan fingerprint density at radius 2 is 1.74 bits per heavy atom. The van der Waals surface area contributed by atoms with Crippen molar-refractivity contribution in [1.82, 2.24) is 15.2 Å². The molecule has 1 aliphatic heterocycles. The number of hydrogen-bond donors (Lipinski definition) is 1. The number of nitrogens with one attached hydrogen (secondary N) is 1. The van der Waals surface area contributed by atoms with Crippen LogP contribution in [0.5, 0.6) is 0 Å². The number of ether oxygens (including phenoxy) is 1. The number of pyridine rings is 1. The van der Waals surface area contributed by atoms with Crippen LogP contribution in [-0.4, -0.2) is 61.7 Å². The molecule has 1 aromatic carbocycles. The molecule has 2 amide bonds. The third-order valence-electron chi connectivity index (χ3n) is 4.39. The number of nitrogens with zero attached hydrogens (tertiary/aromatic N) is 3. The van der Waals surface area contributed by atoms with E-state index >= 15 is 0 Å². The first-order valence-corrected chi connectivity index (χ1v) is 9.04. The summed E-state index contributed by atoms with van der Waals surface area (Å²) in [5, 5.41) is 3.12. The Morgan fingerprint density at radius 3 is 2.33 bits per heavy atom. The number of carbonyl (C=O) groups excluding carboxylic acids is 2. The number of likely N-dealkylation sites (N-methyl/N-ethyl adjacent to an activating group) is 1. The first-order valence-electron chi connectivity index (χ1n) is 8.66. The summed E-state index contributed by atoms with van der Waals surface area (Å²) in [6, 6.07) is 11.6.